The maximum Gasteiger partial charge on any atom is 0.0546 e. The zero-order valence-electron chi connectivity index (χ0n) is 15.8. The molecule has 0 amide bonds. The number of rotatable bonds is 11. The highest BCUT2D eigenvalue weighted by Crippen LogP contribution is 2.36. The minimum absolute atomic E-state index is 0.429. The van der Waals surface area contributed by atoms with Crippen LogP contribution in [0.1, 0.15) is 42.6 Å². The van der Waals surface area contributed by atoms with Crippen LogP contribution < -0.4 is 0 Å². The Morgan fingerprint density at radius 2 is 1.52 bits per heavy atom. The fourth-order valence-corrected chi connectivity index (χ4v) is 4.90. The molecule has 25 heavy (non-hydrogen) atoms. The molecule has 0 N–H and O–H groups in total. The summed E-state index contributed by atoms with van der Waals surface area (Å²) in [4.78, 5) is 3.65. The summed E-state index contributed by atoms with van der Waals surface area (Å²) in [5.74, 6) is 2.40. The Balaban J connectivity index is 2.04. The van der Waals surface area contributed by atoms with E-state index in [4.69, 9.17) is 0 Å². The third-order valence-electron chi connectivity index (χ3n) is 4.09. The molecule has 0 saturated heterocycles. The van der Waals surface area contributed by atoms with E-state index in [0.29, 0.717) is 5.25 Å². The van der Waals surface area contributed by atoms with Crippen molar-refractivity contribution >= 4 is 23.5 Å². The molecular formula is C22H31NS2. The number of hydrogen-bond donors (Lipinski definition) is 0. The van der Waals surface area contributed by atoms with Gasteiger partial charge in [-0.2, -0.15) is 0 Å². The number of thioether (sulfide) groups is 2. The monoisotopic (exact) mass is 373 g/mol. The number of unbranched alkanes of at least 4 members (excludes halogenated alkanes) is 1. The summed E-state index contributed by atoms with van der Waals surface area (Å²) in [6, 6.07) is 20.2. The Kier molecular flexibility index (Phi) is 9.52. The first-order chi connectivity index (χ1) is 12.2. The summed E-state index contributed by atoms with van der Waals surface area (Å²) < 4.78 is 0. The van der Waals surface area contributed by atoms with Crippen molar-refractivity contribution in [3.63, 3.8) is 0 Å². The number of hydrogen-bond acceptors (Lipinski definition) is 3. The number of benzene rings is 2. The van der Waals surface area contributed by atoms with Gasteiger partial charge in [0.05, 0.1) is 5.25 Å². The Morgan fingerprint density at radius 3 is 2.16 bits per heavy atom. The van der Waals surface area contributed by atoms with E-state index in [1.807, 2.05) is 11.8 Å². The van der Waals surface area contributed by atoms with Crippen LogP contribution in [0.25, 0.3) is 0 Å². The van der Waals surface area contributed by atoms with E-state index in [-0.39, 0.29) is 0 Å². The first-order valence-corrected chi connectivity index (χ1v) is 11.3. The van der Waals surface area contributed by atoms with Crippen molar-refractivity contribution in [1.82, 2.24) is 4.90 Å². The molecule has 0 unspecified atom stereocenters. The summed E-state index contributed by atoms with van der Waals surface area (Å²) >= 11 is 4.04. The third kappa shape index (κ3) is 7.47. The topological polar surface area (TPSA) is 3.24 Å². The van der Waals surface area contributed by atoms with Crippen molar-refractivity contribution in [3.8, 4) is 0 Å². The highest BCUT2D eigenvalue weighted by Gasteiger charge is 2.14. The van der Waals surface area contributed by atoms with E-state index in [2.05, 4.69) is 92.3 Å². The molecular weight excluding hydrogens is 342 g/mol. The van der Waals surface area contributed by atoms with Gasteiger partial charge < -0.3 is 4.90 Å². The molecule has 0 aliphatic rings. The smallest absolute Gasteiger partial charge is 0.0546 e. The normalized spacial score (nSPS) is 12.5. The van der Waals surface area contributed by atoms with Crippen molar-refractivity contribution in [2.75, 3.05) is 32.1 Å². The van der Waals surface area contributed by atoms with Gasteiger partial charge in [0.1, 0.15) is 0 Å². The Labute approximate surface area is 162 Å². The average molecular weight is 374 g/mol. The largest absolute Gasteiger partial charge is 0.309 e. The average Bonchev–Trinajstić information content (AvgIpc) is 2.63. The lowest BCUT2D eigenvalue weighted by atomic mass is 10.0. The Bertz CT molecular complexity index is 581. The Hall–Kier alpha value is -0.900. The molecule has 0 spiro atoms. The molecule has 0 aromatic heterocycles. The maximum absolute atomic E-state index is 2.32. The highest BCUT2D eigenvalue weighted by molar-refractivity contribution is 7.99. The molecule has 3 heteroatoms. The summed E-state index contributed by atoms with van der Waals surface area (Å²) in [7, 11) is 4.29. The van der Waals surface area contributed by atoms with Crippen LogP contribution in [0, 0.1) is 0 Å². The summed E-state index contributed by atoms with van der Waals surface area (Å²) in [6.45, 7) is 3.41. The van der Waals surface area contributed by atoms with Crippen LogP contribution in [-0.4, -0.2) is 37.0 Å². The summed E-state index contributed by atoms with van der Waals surface area (Å²) in [5.41, 5.74) is 2.82. The van der Waals surface area contributed by atoms with Crippen LogP contribution in [0.15, 0.2) is 59.5 Å². The minimum Gasteiger partial charge on any atom is -0.309 e. The maximum atomic E-state index is 2.32. The van der Waals surface area contributed by atoms with Crippen LogP contribution in [0.4, 0.5) is 0 Å². The van der Waals surface area contributed by atoms with Gasteiger partial charge >= 0.3 is 0 Å². The molecule has 1 nitrogen and oxygen atoms in total. The van der Waals surface area contributed by atoms with Gasteiger partial charge in [0.2, 0.25) is 0 Å². The van der Waals surface area contributed by atoms with Crippen LogP contribution in [0.5, 0.6) is 0 Å². The first kappa shape index (κ1) is 20.4. The highest BCUT2D eigenvalue weighted by atomic mass is 32.2. The lowest BCUT2D eigenvalue weighted by molar-refractivity contribution is 0.410. The predicted octanol–water partition coefficient (Wildman–Crippen LogP) is 6.35. The quantitative estimate of drug-likeness (QED) is 0.333. The van der Waals surface area contributed by atoms with Gasteiger partial charge in [-0.25, -0.2) is 0 Å². The lowest BCUT2D eigenvalue weighted by Gasteiger charge is -2.19. The zero-order valence-corrected chi connectivity index (χ0v) is 17.4. The van der Waals surface area contributed by atoms with Gasteiger partial charge in [-0.1, -0.05) is 55.8 Å². The van der Waals surface area contributed by atoms with Crippen LogP contribution in [0.2, 0.25) is 0 Å². The fourth-order valence-electron chi connectivity index (χ4n) is 2.67. The van der Waals surface area contributed by atoms with E-state index < -0.39 is 0 Å². The third-order valence-corrected chi connectivity index (χ3v) is 6.59. The summed E-state index contributed by atoms with van der Waals surface area (Å²) in [6.07, 6.45) is 3.79. The standard InChI is InChI=1S/C22H31NS2/c1-4-5-17-24-21-14-12-20(13-15-21)22(19-10-7-6-8-11-19)25-18-9-16-23(2)3/h6-8,10-15,22H,4-5,9,16-18H2,1-3H3/t22-/m1/s1. The van der Waals surface area contributed by atoms with Crippen LogP contribution in [0.3, 0.4) is 0 Å². The second-order valence-corrected chi connectivity index (χ2v) is 8.97. The van der Waals surface area contributed by atoms with E-state index in [1.54, 1.807) is 0 Å². The van der Waals surface area contributed by atoms with Gasteiger partial charge in [0.15, 0.2) is 0 Å². The molecule has 0 heterocycles. The van der Waals surface area contributed by atoms with E-state index in [1.165, 1.54) is 46.8 Å². The summed E-state index contributed by atoms with van der Waals surface area (Å²) in [5, 5.41) is 0.429. The van der Waals surface area contributed by atoms with E-state index in [0.717, 1.165) is 6.54 Å². The molecule has 2 aromatic rings. The lowest BCUT2D eigenvalue weighted by Crippen LogP contribution is -2.13. The zero-order chi connectivity index (χ0) is 17.9. The molecule has 2 aromatic carbocycles. The number of nitrogens with zero attached hydrogens (tertiary/aromatic N) is 1. The van der Waals surface area contributed by atoms with Crippen molar-refractivity contribution in [2.24, 2.45) is 0 Å². The molecule has 136 valence electrons. The van der Waals surface area contributed by atoms with E-state index in [9.17, 15) is 0 Å². The van der Waals surface area contributed by atoms with Crippen molar-refractivity contribution in [3.05, 3.63) is 65.7 Å². The van der Waals surface area contributed by atoms with Crippen molar-refractivity contribution in [2.45, 2.75) is 36.3 Å². The second kappa shape index (κ2) is 11.7. The van der Waals surface area contributed by atoms with Crippen molar-refractivity contribution in [1.29, 1.82) is 0 Å². The van der Waals surface area contributed by atoms with Gasteiger partial charge in [-0.15, -0.1) is 23.5 Å². The predicted molar refractivity (Wildman–Crippen MR) is 116 cm³/mol. The first-order valence-electron chi connectivity index (χ1n) is 9.24. The molecule has 0 radical (unpaired) electrons. The molecule has 0 fully saturated rings. The second-order valence-electron chi connectivity index (χ2n) is 6.59. The van der Waals surface area contributed by atoms with Gasteiger partial charge in [-0.05, 0) is 68.2 Å². The van der Waals surface area contributed by atoms with Crippen LogP contribution >= 0.6 is 23.5 Å². The molecule has 1 atom stereocenters. The molecule has 0 aliphatic heterocycles. The minimum atomic E-state index is 0.429. The molecule has 2 rings (SSSR count). The molecule has 0 bridgehead atoms. The van der Waals surface area contributed by atoms with Crippen LogP contribution in [-0.2, 0) is 0 Å². The molecule has 0 saturated carbocycles. The SMILES string of the molecule is CCCCSc1ccc([C@H](SCCCN(C)C)c2ccccc2)cc1. The van der Waals surface area contributed by atoms with Gasteiger partial charge in [0.25, 0.3) is 0 Å². The van der Waals surface area contributed by atoms with Gasteiger partial charge in [-0.3, -0.25) is 0 Å². The Morgan fingerprint density at radius 1 is 0.840 bits per heavy atom. The van der Waals surface area contributed by atoms with Crippen molar-refractivity contribution < 1.29 is 0 Å². The fraction of sp³-hybridized carbons (Fsp3) is 0.455. The molecule has 0 aliphatic carbocycles. The van der Waals surface area contributed by atoms with Gasteiger partial charge in [0, 0.05) is 4.90 Å². The van der Waals surface area contributed by atoms with E-state index >= 15 is 0 Å².